The van der Waals surface area contributed by atoms with Crippen molar-refractivity contribution >= 4 is 35.0 Å². The Labute approximate surface area is 163 Å². The molecule has 3 amide bonds. The molecule has 0 spiro atoms. The number of benzene rings is 2. The Kier molecular flexibility index (Phi) is 6.96. The Balaban J connectivity index is 1.87. The van der Waals surface area contributed by atoms with E-state index in [9.17, 15) is 14.4 Å². The van der Waals surface area contributed by atoms with Crippen molar-refractivity contribution in [2.45, 2.75) is 13.8 Å². The van der Waals surface area contributed by atoms with Crippen molar-refractivity contribution in [3.05, 3.63) is 64.2 Å². The fraction of sp³-hybridized carbons (Fsp3) is 0.250. The number of carbonyl (C=O) groups excluding carboxylic acids is 3. The highest BCUT2D eigenvalue weighted by molar-refractivity contribution is 6.33. The number of hydrogen-bond acceptors (Lipinski definition) is 3. The zero-order chi connectivity index (χ0) is 20.0. The summed E-state index contributed by atoms with van der Waals surface area (Å²) >= 11 is 5.96. The number of nitrogens with zero attached hydrogens (tertiary/aromatic N) is 1. The molecule has 0 bridgehead atoms. The SMILES string of the molecule is Cc1cccc(C)c1NC(=O)CN(C)C(=O)CNC(=O)c1ccccc1Cl. The molecule has 0 fully saturated rings. The average molecular weight is 388 g/mol. The smallest absolute Gasteiger partial charge is 0.253 e. The van der Waals surface area contributed by atoms with E-state index >= 15 is 0 Å². The maximum absolute atomic E-state index is 12.2. The number of hydrogen-bond donors (Lipinski definition) is 2. The molecule has 2 aromatic carbocycles. The van der Waals surface area contributed by atoms with Crippen molar-refractivity contribution < 1.29 is 14.4 Å². The first-order valence-electron chi connectivity index (χ1n) is 8.42. The number of nitrogens with one attached hydrogen (secondary N) is 2. The van der Waals surface area contributed by atoms with Crippen LogP contribution in [0, 0.1) is 13.8 Å². The Bertz CT molecular complexity index is 847. The molecule has 0 saturated heterocycles. The van der Waals surface area contributed by atoms with Gasteiger partial charge in [-0.05, 0) is 37.1 Å². The highest BCUT2D eigenvalue weighted by atomic mass is 35.5. The molecule has 0 aliphatic carbocycles. The van der Waals surface area contributed by atoms with Gasteiger partial charge in [0, 0.05) is 12.7 Å². The summed E-state index contributed by atoms with van der Waals surface area (Å²) in [7, 11) is 1.51. The molecule has 0 aliphatic rings. The van der Waals surface area contributed by atoms with Crippen LogP contribution in [0.1, 0.15) is 21.5 Å². The summed E-state index contributed by atoms with van der Waals surface area (Å²) < 4.78 is 0. The first-order chi connectivity index (χ1) is 12.8. The minimum absolute atomic E-state index is 0.116. The van der Waals surface area contributed by atoms with E-state index < -0.39 is 5.91 Å². The van der Waals surface area contributed by atoms with Crippen LogP contribution in [-0.4, -0.2) is 42.8 Å². The Morgan fingerprint density at radius 3 is 2.26 bits per heavy atom. The molecule has 142 valence electrons. The lowest BCUT2D eigenvalue weighted by atomic mass is 10.1. The summed E-state index contributed by atoms with van der Waals surface area (Å²) in [6, 6.07) is 12.3. The quantitative estimate of drug-likeness (QED) is 0.800. The minimum Gasteiger partial charge on any atom is -0.343 e. The Morgan fingerprint density at radius 1 is 1.00 bits per heavy atom. The minimum atomic E-state index is -0.442. The van der Waals surface area contributed by atoms with Crippen LogP contribution in [0.25, 0.3) is 0 Å². The number of carbonyl (C=O) groups is 3. The van der Waals surface area contributed by atoms with Crippen LogP contribution in [-0.2, 0) is 9.59 Å². The number of likely N-dealkylation sites (N-methyl/N-ethyl adjacent to an activating group) is 1. The molecule has 7 heteroatoms. The second-order valence-electron chi connectivity index (χ2n) is 6.23. The van der Waals surface area contributed by atoms with E-state index in [0.29, 0.717) is 10.6 Å². The van der Waals surface area contributed by atoms with Gasteiger partial charge in [0.1, 0.15) is 0 Å². The van der Waals surface area contributed by atoms with Crippen molar-refractivity contribution in [2.75, 3.05) is 25.5 Å². The molecule has 0 saturated carbocycles. The molecule has 0 aromatic heterocycles. The number of aryl methyl sites for hydroxylation is 2. The van der Waals surface area contributed by atoms with E-state index in [2.05, 4.69) is 10.6 Å². The summed E-state index contributed by atoms with van der Waals surface area (Å²) in [6.45, 7) is 3.47. The molecule has 0 aliphatic heterocycles. The Hall–Kier alpha value is -2.86. The topological polar surface area (TPSA) is 78.5 Å². The van der Waals surface area contributed by atoms with Gasteiger partial charge in [0.15, 0.2) is 0 Å². The van der Waals surface area contributed by atoms with E-state index in [1.54, 1.807) is 24.3 Å². The third-order valence-electron chi connectivity index (χ3n) is 4.07. The van der Waals surface area contributed by atoms with Gasteiger partial charge in [0.25, 0.3) is 5.91 Å². The predicted octanol–water partition coefficient (Wildman–Crippen LogP) is 2.78. The summed E-state index contributed by atoms with van der Waals surface area (Å²) in [6.07, 6.45) is 0. The molecule has 0 heterocycles. The van der Waals surface area contributed by atoms with Crippen molar-refractivity contribution in [1.29, 1.82) is 0 Å². The summed E-state index contributed by atoms with van der Waals surface area (Å²) in [4.78, 5) is 37.8. The largest absolute Gasteiger partial charge is 0.343 e. The van der Waals surface area contributed by atoms with Gasteiger partial charge in [-0.2, -0.15) is 0 Å². The van der Waals surface area contributed by atoms with Gasteiger partial charge in [-0.3, -0.25) is 14.4 Å². The molecule has 2 aromatic rings. The fourth-order valence-electron chi connectivity index (χ4n) is 2.53. The van der Waals surface area contributed by atoms with Gasteiger partial charge in [-0.15, -0.1) is 0 Å². The van der Waals surface area contributed by atoms with Gasteiger partial charge in [0.2, 0.25) is 11.8 Å². The summed E-state index contributed by atoms with van der Waals surface area (Å²) in [5.74, 6) is -1.13. The fourth-order valence-corrected chi connectivity index (χ4v) is 2.75. The number of rotatable bonds is 6. The van der Waals surface area contributed by atoms with E-state index in [-0.39, 0.29) is 24.9 Å². The van der Waals surface area contributed by atoms with E-state index in [4.69, 9.17) is 11.6 Å². The second kappa shape index (κ2) is 9.19. The van der Waals surface area contributed by atoms with Crippen LogP contribution in [0.5, 0.6) is 0 Å². The van der Waals surface area contributed by atoms with Crippen LogP contribution in [0.2, 0.25) is 5.02 Å². The monoisotopic (exact) mass is 387 g/mol. The molecule has 27 heavy (non-hydrogen) atoms. The highest BCUT2D eigenvalue weighted by Crippen LogP contribution is 2.19. The third kappa shape index (κ3) is 5.56. The number of amides is 3. The first kappa shape index (κ1) is 20.5. The summed E-state index contributed by atoms with van der Waals surface area (Å²) in [5, 5.41) is 5.65. The van der Waals surface area contributed by atoms with Crippen molar-refractivity contribution in [3.8, 4) is 0 Å². The van der Waals surface area contributed by atoms with Crippen LogP contribution >= 0.6 is 11.6 Å². The molecule has 0 unspecified atom stereocenters. The lowest BCUT2D eigenvalue weighted by molar-refractivity contribution is -0.132. The normalized spacial score (nSPS) is 10.2. The molecular weight excluding hydrogens is 366 g/mol. The molecule has 0 atom stereocenters. The molecule has 2 N–H and O–H groups in total. The molecule has 6 nitrogen and oxygen atoms in total. The average Bonchev–Trinajstić information content (AvgIpc) is 2.63. The molecule has 0 radical (unpaired) electrons. The number of para-hydroxylation sites is 1. The van der Waals surface area contributed by atoms with Gasteiger partial charge in [-0.1, -0.05) is 41.9 Å². The van der Waals surface area contributed by atoms with E-state index in [1.165, 1.54) is 11.9 Å². The zero-order valence-electron chi connectivity index (χ0n) is 15.5. The lowest BCUT2D eigenvalue weighted by Gasteiger charge is -2.18. The number of halogens is 1. The molecular formula is C20H22ClN3O3. The van der Waals surface area contributed by atoms with Gasteiger partial charge in [0.05, 0.1) is 23.7 Å². The van der Waals surface area contributed by atoms with Crippen LogP contribution < -0.4 is 10.6 Å². The second-order valence-corrected chi connectivity index (χ2v) is 6.63. The van der Waals surface area contributed by atoms with Gasteiger partial charge < -0.3 is 15.5 Å². The Morgan fingerprint density at radius 2 is 1.63 bits per heavy atom. The highest BCUT2D eigenvalue weighted by Gasteiger charge is 2.16. The van der Waals surface area contributed by atoms with Crippen molar-refractivity contribution in [3.63, 3.8) is 0 Å². The predicted molar refractivity (Wildman–Crippen MR) is 106 cm³/mol. The van der Waals surface area contributed by atoms with Crippen molar-refractivity contribution in [2.24, 2.45) is 0 Å². The zero-order valence-corrected chi connectivity index (χ0v) is 16.3. The van der Waals surface area contributed by atoms with Crippen LogP contribution in [0.3, 0.4) is 0 Å². The van der Waals surface area contributed by atoms with Gasteiger partial charge >= 0.3 is 0 Å². The van der Waals surface area contributed by atoms with Crippen molar-refractivity contribution in [1.82, 2.24) is 10.2 Å². The maximum Gasteiger partial charge on any atom is 0.253 e. The maximum atomic E-state index is 12.2. The van der Waals surface area contributed by atoms with Gasteiger partial charge in [-0.25, -0.2) is 0 Å². The standard InChI is InChI=1S/C20H22ClN3O3/c1-13-7-6-8-14(2)19(13)23-17(25)12-24(3)18(26)11-22-20(27)15-9-4-5-10-16(15)21/h4-10H,11-12H2,1-3H3,(H,22,27)(H,23,25). The first-order valence-corrected chi connectivity index (χ1v) is 8.80. The third-order valence-corrected chi connectivity index (χ3v) is 4.40. The lowest BCUT2D eigenvalue weighted by Crippen LogP contribution is -2.41. The summed E-state index contributed by atoms with van der Waals surface area (Å²) in [5.41, 5.74) is 2.94. The van der Waals surface area contributed by atoms with Crippen LogP contribution in [0.15, 0.2) is 42.5 Å². The van der Waals surface area contributed by atoms with Crippen LogP contribution in [0.4, 0.5) is 5.69 Å². The van der Waals surface area contributed by atoms with E-state index in [1.807, 2.05) is 32.0 Å². The van der Waals surface area contributed by atoms with E-state index in [0.717, 1.165) is 16.8 Å². The molecule has 2 rings (SSSR count). The number of anilines is 1.